The number of phenolic OH excluding ortho intramolecular Hbond substituents is 1. The van der Waals surface area contributed by atoms with Crippen LogP contribution in [0.5, 0.6) is 11.5 Å². The minimum absolute atomic E-state index is 0.0463. The fourth-order valence-corrected chi connectivity index (χ4v) is 2.97. The molecule has 5 heteroatoms. The van der Waals surface area contributed by atoms with Crippen molar-refractivity contribution in [1.29, 1.82) is 0 Å². The molecule has 0 unspecified atom stereocenters. The molecule has 0 bridgehead atoms. The van der Waals surface area contributed by atoms with Gasteiger partial charge in [-0.3, -0.25) is 9.59 Å². The van der Waals surface area contributed by atoms with Gasteiger partial charge in [-0.1, -0.05) is 11.6 Å². The maximum absolute atomic E-state index is 12.6. The van der Waals surface area contributed by atoms with Crippen molar-refractivity contribution < 1.29 is 24.5 Å². The molecule has 1 aromatic carbocycles. The number of hydrogen-bond acceptors (Lipinski definition) is 5. The van der Waals surface area contributed by atoms with Gasteiger partial charge in [0.25, 0.3) is 0 Å². The molecule has 0 saturated carbocycles. The maximum atomic E-state index is 12.6. The number of ketones is 2. The van der Waals surface area contributed by atoms with E-state index in [4.69, 9.17) is 4.74 Å². The van der Waals surface area contributed by atoms with Crippen LogP contribution in [0.25, 0.3) is 0 Å². The van der Waals surface area contributed by atoms with E-state index < -0.39 is 17.6 Å². The summed E-state index contributed by atoms with van der Waals surface area (Å²) in [6, 6.07) is 2.74. The highest BCUT2D eigenvalue weighted by molar-refractivity contribution is 6.19. The van der Waals surface area contributed by atoms with Crippen LogP contribution in [0.3, 0.4) is 0 Å². The molecule has 0 fully saturated rings. The predicted octanol–water partition coefficient (Wildman–Crippen LogP) is 2.41. The summed E-state index contributed by atoms with van der Waals surface area (Å²) in [6.45, 7) is 1.75. The quantitative estimate of drug-likeness (QED) is 0.828. The van der Waals surface area contributed by atoms with Gasteiger partial charge in [-0.05, 0) is 19.1 Å². The third-order valence-corrected chi connectivity index (χ3v) is 3.92. The van der Waals surface area contributed by atoms with E-state index in [-0.39, 0.29) is 28.4 Å². The minimum atomic E-state index is -0.951. The van der Waals surface area contributed by atoms with Gasteiger partial charge in [0, 0.05) is 11.6 Å². The SMILES string of the molecule is COc1cc(O)c2c(c1)C(=O)[C@@H]1C=C(C)C=C(O)[C@H]1C2=O. The average Bonchev–Trinajstić information content (AvgIpc) is 2.43. The second-order valence-electron chi connectivity index (χ2n) is 5.28. The van der Waals surface area contributed by atoms with Crippen LogP contribution >= 0.6 is 0 Å². The van der Waals surface area contributed by atoms with Crippen molar-refractivity contribution in [1.82, 2.24) is 0 Å². The Morgan fingerprint density at radius 3 is 2.52 bits per heavy atom. The lowest BCUT2D eigenvalue weighted by Crippen LogP contribution is -2.38. The van der Waals surface area contributed by atoms with E-state index in [1.54, 1.807) is 13.0 Å². The number of carbonyl (C=O) groups is 2. The second-order valence-corrected chi connectivity index (χ2v) is 5.28. The summed E-state index contributed by atoms with van der Waals surface area (Å²) in [5.74, 6) is -2.58. The summed E-state index contributed by atoms with van der Waals surface area (Å²) in [5.41, 5.74) is 0.817. The normalized spacial score (nSPS) is 23.9. The van der Waals surface area contributed by atoms with Crippen molar-refractivity contribution in [3.63, 3.8) is 0 Å². The molecule has 5 nitrogen and oxygen atoms in total. The third-order valence-electron chi connectivity index (χ3n) is 3.92. The van der Waals surface area contributed by atoms with E-state index in [9.17, 15) is 19.8 Å². The highest BCUT2D eigenvalue weighted by atomic mass is 16.5. The molecule has 0 saturated heterocycles. The Labute approximate surface area is 121 Å². The van der Waals surface area contributed by atoms with Gasteiger partial charge in [0.15, 0.2) is 11.6 Å². The molecule has 2 N–H and O–H groups in total. The summed E-state index contributed by atoms with van der Waals surface area (Å²) >= 11 is 0. The lowest BCUT2D eigenvalue weighted by atomic mass is 9.70. The molecular weight excluding hydrogens is 272 g/mol. The van der Waals surface area contributed by atoms with Gasteiger partial charge >= 0.3 is 0 Å². The molecule has 2 aliphatic rings. The number of ether oxygens (including phenoxy) is 1. The standard InChI is InChI=1S/C16H14O5/c1-7-3-9-13(11(17)4-7)16(20)14-10(15(9)19)5-8(21-2)6-12(14)18/h3-6,9,13,17-18H,1-2H3/t9-,13+/m1/s1. The maximum Gasteiger partial charge on any atom is 0.178 e. The first kappa shape index (κ1) is 13.4. The number of carbonyl (C=O) groups excluding carboxylic acids is 2. The van der Waals surface area contributed by atoms with Crippen LogP contribution in [0.4, 0.5) is 0 Å². The number of hydrogen-bond donors (Lipinski definition) is 2. The van der Waals surface area contributed by atoms with Crippen molar-refractivity contribution in [2.24, 2.45) is 11.8 Å². The number of fused-ring (bicyclic) bond motifs is 2. The monoisotopic (exact) mass is 286 g/mol. The molecule has 0 heterocycles. The molecule has 0 amide bonds. The van der Waals surface area contributed by atoms with E-state index in [1.165, 1.54) is 25.3 Å². The molecule has 108 valence electrons. The number of methoxy groups -OCH3 is 1. The van der Waals surface area contributed by atoms with Crippen molar-refractivity contribution in [3.8, 4) is 11.5 Å². The largest absolute Gasteiger partial charge is 0.511 e. The summed E-state index contributed by atoms with van der Waals surface area (Å²) in [5, 5.41) is 20.0. The Morgan fingerprint density at radius 2 is 1.86 bits per heavy atom. The highest BCUT2D eigenvalue weighted by Gasteiger charge is 2.45. The first-order valence-corrected chi connectivity index (χ1v) is 6.52. The van der Waals surface area contributed by atoms with Gasteiger partial charge in [-0.2, -0.15) is 0 Å². The smallest absolute Gasteiger partial charge is 0.178 e. The van der Waals surface area contributed by atoms with Gasteiger partial charge in [-0.15, -0.1) is 0 Å². The van der Waals surface area contributed by atoms with Crippen LogP contribution in [0.1, 0.15) is 27.6 Å². The number of aliphatic hydroxyl groups excluding tert-OH is 1. The Balaban J connectivity index is 2.24. The second kappa shape index (κ2) is 4.48. The van der Waals surface area contributed by atoms with Crippen molar-refractivity contribution in [2.45, 2.75) is 6.92 Å². The van der Waals surface area contributed by atoms with Gasteiger partial charge in [-0.25, -0.2) is 0 Å². The zero-order valence-electron chi connectivity index (χ0n) is 11.6. The fourth-order valence-electron chi connectivity index (χ4n) is 2.97. The van der Waals surface area contributed by atoms with E-state index in [0.717, 1.165) is 5.57 Å². The van der Waals surface area contributed by atoms with Crippen LogP contribution in [0, 0.1) is 11.8 Å². The van der Waals surface area contributed by atoms with Crippen molar-refractivity contribution in [2.75, 3.05) is 7.11 Å². The molecule has 0 spiro atoms. The van der Waals surface area contributed by atoms with Crippen LogP contribution in [-0.2, 0) is 0 Å². The molecule has 0 aromatic heterocycles. The highest BCUT2D eigenvalue weighted by Crippen LogP contribution is 2.42. The van der Waals surface area contributed by atoms with Gasteiger partial charge in [0.1, 0.15) is 17.3 Å². The molecule has 2 aliphatic carbocycles. The van der Waals surface area contributed by atoms with Gasteiger partial charge in [0.05, 0.1) is 24.5 Å². The number of Topliss-reactive ketones (excluding diaryl/α,β-unsaturated/α-hetero) is 2. The summed E-state index contributed by atoms with van der Waals surface area (Å²) < 4.78 is 5.02. The number of aliphatic hydroxyl groups is 1. The Hall–Kier alpha value is -2.56. The Morgan fingerprint density at radius 1 is 1.14 bits per heavy atom. The van der Waals surface area contributed by atoms with Crippen molar-refractivity contribution >= 4 is 11.6 Å². The molecule has 1 aromatic rings. The first-order valence-electron chi connectivity index (χ1n) is 6.52. The van der Waals surface area contributed by atoms with E-state index in [2.05, 4.69) is 0 Å². The zero-order valence-corrected chi connectivity index (χ0v) is 11.6. The lowest BCUT2D eigenvalue weighted by Gasteiger charge is -2.31. The number of allylic oxidation sites excluding steroid dienone is 4. The van der Waals surface area contributed by atoms with Gasteiger partial charge < -0.3 is 14.9 Å². The fraction of sp³-hybridized carbons (Fsp3) is 0.250. The number of benzene rings is 1. The molecule has 3 rings (SSSR count). The van der Waals surface area contributed by atoms with E-state index in [0.29, 0.717) is 5.75 Å². The number of rotatable bonds is 1. The van der Waals surface area contributed by atoms with Crippen LogP contribution < -0.4 is 4.74 Å². The molecule has 0 aliphatic heterocycles. The van der Waals surface area contributed by atoms with Crippen LogP contribution in [0.2, 0.25) is 0 Å². The molecule has 21 heavy (non-hydrogen) atoms. The first-order chi connectivity index (χ1) is 9.93. The van der Waals surface area contributed by atoms with Crippen LogP contribution in [-0.4, -0.2) is 28.9 Å². The minimum Gasteiger partial charge on any atom is -0.511 e. The van der Waals surface area contributed by atoms with Crippen LogP contribution in [0.15, 0.2) is 35.6 Å². The Kier molecular flexibility index (Phi) is 2.86. The summed E-state index contributed by atoms with van der Waals surface area (Å²) in [7, 11) is 1.42. The number of aromatic hydroxyl groups is 1. The zero-order chi connectivity index (χ0) is 15.3. The molecular formula is C16H14O5. The average molecular weight is 286 g/mol. The summed E-state index contributed by atoms with van der Waals surface area (Å²) in [6.07, 6.45) is 3.14. The molecule has 0 radical (unpaired) electrons. The van der Waals surface area contributed by atoms with Crippen molar-refractivity contribution in [3.05, 3.63) is 46.7 Å². The predicted molar refractivity (Wildman–Crippen MR) is 74.8 cm³/mol. The van der Waals surface area contributed by atoms with E-state index in [1.807, 2.05) is 0 Å². The lowest BCUT2D eigenvalue weighted by molar-refractivity contribution is 0.0754. The summed E-state index contributed by atoms with van der Waals surface area (Å²) in [4.78, 5) is 25.2. The Bertz CT molecular complexity index is 726. The van der Waals surface area contributed by atoms with E-state index >= 15 is 0 Å². The third kappa shape index (κ3) is 1.85. The number of phenols is 1. The molecule has 2 atom stereocenters. The topological polar surface area (TPSA) is 83.8 Å². The van der Waals surface area contributed by atoms with Gasteiger partial charge in [0.2, 0.25) is 0 Å².